The highest BCUT2D eigenvalue weighted by Crippen LogP contribution is 2.31. The van der Waals surface area contributed by atoms with Gasteiger partial charge in [0.2, 0.25) is 5.91 Å². The molecule has 0 heterocycles. The van der Waals surface area contributed by atoms with Crippen LogP contribution in [0, 0.1) is 0 Å². The zero-order chi connectivity index (χ0) is 19.1. The number of methoxy groups -OCH3 is 2. The first kappa shape index (κ1) is 19.7. The predicted molar refractivity (Wildman–Crippen MR) is 103 cm³/mol. The number of carbonyl (C=O) groups excluding carboxylic acids is 2. The van der Waals surface area contributed by atoms with E-state index in [2.05, 4.69) is 5.32 Å². The third kappa shape index (κ3) is 4.49. The molecule has 6 nitrogen and oxygen atoms in total. The second-order valence-corrected chi connectivity index (χ2v) is 6.30. The van der Waals surface area contributed by atoms with Gasteiger partial charge in [0.1, 0.15) is 0 Å². The van der Waals surface area contributed by atoms with E-state index < -0.39 is 0 Å². The lowest BCUT2D eigenvalue weighted by Gasteiger charge is -2.19. The van der Waals surface area contributed by atoms with Crippen LogP contribution in [0.4, 0.5) is 5.69 Å². The number of hydrogen-bond donors (Lipinski definition) is 1. The summed E-state index contributed by atoms with van der Waals surface area (Å²) in [5, 5.41) is 2.84. The molecule has 0 spiro atoms. The largest absolute Gasteiger partial charge is 0.493 e. The van der Waals surface area contributed by atoms with Gasteiger partial charge < -0.3 is 19.7 Å². The number of likely N-dealkylation sites (N-methyl/N-ethyl adjacent to an activating group) is 1. The number of amides is 2. The van der Waals surface area contributed by atoms with Crippen LogP contribution in [0.25, 0.3) is 0 Å². The number of thioether (sulfide) groups is 1. The molecule has 0 bridgehead atoms. The molecule has 138 valence electrons. The quantitative estimate of drug-likeness (QED) is 0.754. The number of benzene rings is 2. The van der Waals surface area contributed by atoms with Crippen molar-refractivity contribution in [3.63, 3.8) is 0 Å². The van der Waals surface area contributed by atoms with Crippen LogP contribution in [0.5, 0.6) is 11.5 Å². The summed E-state index contributed by atoms with van der Waals surface area (Å²) >= 11 is 1.54. The van der Waals surface area contributed by atoms with Gasteiger partial charge in [0.05, 0.1) is 32.0 Å². The normalized spacial score (nSPS) is 10.2. The van der Waals surface area contributed by atoms with E-state index in [0.717, 1.165) is 10.6 Å². The van der Waals surface area contributed by atoms with Crippen LogP contribution in [-0.2, 0) is 4.79 Å². The Morgan fingerprint density at radius 3 is 2.46 bits per heavy atom. The van der Waals surface area contributed by atoms with Gasteiger partial charge in [-0.25, -0.2) is 0 Å². The van der Waals surface area contributed by atoms with Crippen molar-refractivity contribution in [2.24, 2.45) is 0 Å². The smallest absolute Gasteiger partial charge is 0.257 e. The Balaban J connectivity index is 2.11. The molecular formula is C19H22N2O4S. The number of para-hydroxylation sites is 2. The molecule has 0 aliphatic rings. The summed E-state index contributed by atoms with van der Waals surface area (Å²) in [6.07, 6.45) is 1.94. The van der Waals surface area contributed by atoms with Crippen LogP contribution >= 0.6 is 11.8 Å². The van der Waals surface area contributed by atoms with Crippen molar-refractivity contribution < 1.29 is 19.1 Å². The molecule has 0 unspecified atom stereocenters. The van der Waals surface area contributed by atoms with Crippen LogP contribution < -0.4 is 14.8 Å². The predicted octanol–water partition coefficient (Wildman–Crippen LogP) is 3.14. The highest BCUT2D eigenvalue weighted by molar-refractivity contribution is 7.98. The van der Waals surface area contributed by atoms with E-state index in [1.807, 2.05) is 30.5 Å². The van der Waals surface area contributed by atoms with Gasteiger partial charge in [0.15, 0.2) is 11.5 Å². The van der Waals surface area contributed by atoms with Gasteiger partial charge in [-0.1, -0.05) is 18.2 Å². The number of carbonyl (C=O) groups is 2. The van der Waals surface area contributed by atoms with E-state index in [9.17, 15) is 9.59 Å². The highest BCUT2D eigenvalue weighted by Gasteiger charge is 2.21. The third-order valence-corrected chi connectivity index (χ3v) is 4.54. The molecule has 1 N–H and O–H groups in total. The minimum Gasteiger partial charge on any atom is -0.493 e. The molecule has 2 aromatic carbocycles. The molecule has 0 saturated carbocycles. The number of rotatable bonds is 7. The van der Waals surface area contributed by atoms with Crippen LogP contribution in [0.15, 0.2) is 47.4 Å². The number of hydrogen-bond acceptors (Lipinski definition) is 5. The van der Waals surface area contributed by atoms with Gasteiger partial charge in [-0.3, -0.25) is 9.59 Å². The van der Waals surface area contributed by atoms with E-state index in [4.69, 9.17) is 9.47 Å². The topological polar surface area (TPSA) is 67.9 Å². The third-order valence-electron chi connectivity index (χ3n) is 3.74. The van der Waals surface area contributed by atoms with Crippen LogP contribution in [0.2, 0.25) is 0 Å². The molecule has 7 heteroatoms. The lowest BCUT2D eigenvalue weighted by molar-refractivity contribution is -0.116. The zero-order valence-corrected chi connectivity index (χ0v) is 16.1. The SMILES string of the molecule is COc1cccc(C(=O)N(C)CC(=O)Nc2ccccc2SC)c1OC. The van der Waals surface area contributed by atoms with E-state index in [-0.39, 0.29) is 18.4 Å². The molecule has 0 aliphatic heterocycles. The maximum atomic E-state index is 12.7. The summed E-state index contributed by atoms with van der Waals surface area (Å²) in [6.45, 7) is -0.0814. The van der Waals surface area contributed by atoms with E-state index in [0.29, 0.717) is 17.1 Å². The second-order valence-electron chi connectivity index (χ2n) is 5.45. The van der Waals surface area contributed by atoms with Gasteiger partial charge in [-0.2, -0.15) is 0 Å². The van der Waals surface area contributed by atoms with Crippen LogP contribution in [-0.4, -0.2) is 50.8 Å². The molecule has 2 aromatic rings. The fourth-order valence-electron chi connectivity index (χ4n) is 2.49. The van der Waals surface area contributed by atoms with Gasteiger partial charge in [0.25, 0.3) is 5.91 Å². The lowest BCUT2D eigenvalue weighted by atomic mass is 10.1. The summed E-state index contributed by atoms with van der Waals surface area (Å²) in [6, 6.07) is 12.6. The number of ether oxygens (including phenoxy) is 2. The number of anilines is 1. The first-order chi connectivity index (χ1) is 12.5. The van der Waals surface area contributed by atoms with E-state index in [1.165, 1.54) is 19.1 Å². The second kappa shape index (κ2) is 9.15. The van der Waals surface area contributed by atoms with E-state index >= 15 is 0 Å². The van der Waals surface area contributed by atoms with Crippen LogP contribution in [0.1, 0.15) is 10.4 Å². The monoisotopic (exact) mass is 374 g/mol. The average Bonchev–Trinajstić information content (AvgIpc) is 2.66. The Labute approximate surface area is 157 Å². The molecule has 0 radical (unpaired) electrons. The molecule has 0 fully saturated rings. The molecule has 2 rings (SSSR count). The number of nitrogens with zero attached hydrogens (tertiary/aromatic N) is 1. The summed E-state index contributed by atoms with van der Waals surface area (Å²) < 4.78 is 10.5. The molecule has 0 aliphatic carbocycles. The average molecular weight is 374 g/mol. The van der Waals surface area contributed by atoms with Crippen molar-refractivity contribution in [2.75, 3.05) is 39.4 Å². The van der Waals surface area contributed by atoms with Crippen molar-refractivity contribution in [1.82, 2.24) is 4.90 Å². The zero-order valence-electron chi connectivity index (χ0n) is 15.2. The number of nitrogens with one attached hydrogen (secondary N) is 1. The van der Waals surface area contributed by atoms with Crippen LogP contribution in [0.3, 0.4) is 0 Å². The Morgan fingerprint density at radius 2 is 1.81 bits per heavy atom. The van der Waals surface area contributed by atoms with Crippen molar-refractivity contribution in [3.05, 3.63) is 48.0 Å². The van der Waals surface area contributed by atoms with Crippen molar-refractivity contribution in [2.45, 2.75) is 4.90 Å². The Morgan fingerprint density at radius 1 is 1.08 bits per heavy atom. The first-order valence-corrected chi connectivity index (χ1v) is 9.13. The molecule has 0 atom stereocenters. The van der Waals surface area contributed by atoms with Gasteiger partial charge in [-0.15, -0.1) is 11.8 Å². The van der Waals surface area contributed by atoms with Gasteiger partial charge >= 0.3 is 0 Å². The van der Waals surface area contributed by atoms with Crippen molar-refractivity contribution >= 4 is 29.3 Å². The lowest BCUT2D eigenvalue weighted by Crippen LogP contribution is -2.35. The first-order valence-electron chi connectivity index (χ1n) is 7.91. The van der Waals surface area contributed by atoms with Gasteiger partial charge in [-0.05, 0) is 30.5 Å². The molecule has 0 aromatic heterocycles. The maximum Gasteiger partial charge on any atom is 0.257 e. The minimum absolute atomic E-state index is 0.0814. The Bertz CT molecular complexity index is 795. The molecular weight excluding hydrogens is 352 g/mol. The highest BCUT2D eigenvalue weighted by atomic mass is 32.2. The van der Waals surface area contributed by atoms with Crippen molar-refractivity contribution in [1.29, 1.82) is 0 Å². The summed E-state index contributed by atoms with van der Waals surface area (Å²) in [5.41, 5.74) is 1.07. The van der Waals surface area contributed by atoms with E-state index in [1.54, 1.807) is 37.0 Å². The molecule has 2 amide bonds. The summed E-state index contributed by atoms with van der Waals surface area (Å²) in [4.78, 5) is 27.3. The molecule has 26 heavy (non-hydrogen) atoms. The fourth-order valence-corrected chi connectivity index (χ4v) is 3.04. The Kier molecular flexibility index (Phi) is 6.91. The summed E-state index contributed by atoms with van der Waals surface area (Å²) in [5.74, 6) is 0.211. The molecule has 0 saturated heterocycles. The Hall–Kier alpha value is -2.67. The fraction of sp³-hybridized carbons (Fsp3) is 0.263. The summed E-state index contributed by atoms with van der Waals surface area (Å²) in [7, 11) is 4.55. The van der Waals surface area contributed by atoms with Gasteiger partial charge in [0, 0.05) is 11.9 Å². The van der Waals surface area contributed by atoms with Crippen molar-refractivity contribution in [3.8, 4) is 11.5 Å². The standard InChI is InChI=1S/C19H22N2O4S/c1-21(12-17(22)20-14-9-5-6-11-16(14)26-4)19(23)13-8-7-10-15(24-2)18(13)25-3/h5-11H,12H2,1-4H3,(H,20,22). The minimum atomic E-state index is -0.325. The maximum absolute atomic E-state index is 12.7.